The number of nitriles is 1. The average Bonchev–Trinajstić information content (AvgIpc) is 2.75. The van der Waals surface area contributed by atoms with Gasteiger partial charge in [-0.25, -0.2) is 9.07 Å². The predicted octanol–water partition coefficient (Wildman–Crippen LogP) is 2.46. The second-order valence-electron chi connectivity index (χ2n) is 4.37. The molecule has 0 saturated carbocycles. The van der Waals surface area contributed by atoms with Crippen LogP contribution in [0.5, 0.6) is 0 Å². The van der Waals surface area contributed by atoms with E-state index in [4.69, 9.17) is 5.26 Å². The fraction of sp³-hybridized carbons (Fsp3) is 0.308. The van der Waals surface area contributed by atoms with Crippen LogP contribution < -0.4 is 0 Å². The molecule has 92 valence electrons. The van der Waals surface area contributed by atoms with Gasteiger partial charge in [0, 0.05) is 0 Å². The first kappa shape index (κ1) is 12.2. The zero-order valence-electron chi connectivity index (χ0n) is 10.3. The maximum Gasteiger partial charge on any atom is 0.186 e. The molecule has 0 N–H and O–H groups in total. The highest BCUT2D eigenvalue weighted by Crippen LogP contribution is 2.18. The average molecular weight is 244 g/mol. The molecule has 0 fully saturated rings. The first-order chi connectivity index (χ1) is 8.61. The van der Waals surface area contributed by atoms with Gasteiger partial charge in [-0.3, -0.25) is 0 Å². The lowest BCUT2D eigenvalue weighted by Crippen LogP contribution is -2.08. The molecule has 0 aliphatic rings. The Balaban J connectivity index is 2.32. The van der Waals surface area contributed by atoms with E-state index in [0.717, 1.165) is 11.3 Å². The summed E-state index contributed by atoms with van der Waals surface area (Å²) in [4.78, 5) is 0. The minimum atomic E-state index is -0.265. The molecule has 0 radical (unpaired) electrons. The monoisotopic (exact) mass is 244 g/mol. The summed E-state index contributed by atoms with van der Waals surface area (Å²) < 4.78 is 14.5. The number of hydrogen-bond donors (Lipinski definition) is 0. The van der Waals surface area contributed by atoms with E-state index in [1.807, 2.05) is 19.9 Å². The third kappa shape index (κ3) is 2.38. The van der Waals surface area contributed by atoms with Crippen LogP contribution in [0.3, 0.4) is 0 Å². The Morgan fingerprint density at radius 1 is 1.33 bits per heavy atom. The van der Waals surface area contributed by atoms with Crippen molar-refractivity contribution in [1.82, 2.24) is 15.0 Å². The predicted molar refractivity (Wildman–Crippen MR) is 64.3 cm³/mol. The third-order valence-corrected chi connectivity index (χ3v) is 2.67. The van der Waals surface area contributed by atoms with E-state index in [1.165, 1.54) is 12.1 Å². The summed E-state index contributed by atoms with van der Waals surface area (Å²) in [6.45, 7) is 4.46. The summed E-state index contributed by atoms with van der Waals surface area (Å²) in [5.74, 6) is -0.103. The van der Waals surface area contributed by atoms with Crippen molar-refractivity contribution < 1.29 is 4.39 Å². The molecule has 2 aromatic rings. The van der Waals surface area contributed by atoms with Gasteiger partial charge in [0.1, 0.15) is 11.9 Å². The lowest BCUT2D eigenvalue weighted by atomic mass is 10.1. The van der Waals surface area contributed by atoms with Crippen LogP contribution in [0.4, 0.5) is 4.39 Å². The number of halogens is 1. The molecular formula is C13H13FN4. The first-order valence-corrected chi connectivity index (χ1v) is 5.69. The molecule has 0 unspecified atom stereocenters. The van der Waals surface area contributed by atoms with Crippen LogP contribution in [0.25, 0.3) is 0 Å². The van der Waals surface area contributed by atoms with Gasteiger partial charge in [0.15, 0.2) is 5.69 Å². The molecular weight excluding hydrogens is 231 g/mol. The van der Waals surface area contributed by atoms with Crippen LogP contribution in [0.1, 0.15) is 36.7 Å². The number of benzene rings is 1. The van der Waals surface area contributed by atoms with Crippen molar-refractivity contribution >= 4 is 0 Å². The topological polar surface area (TPSA) is 54.5 Å². The lowest BCUT2D eigenvalue weighted by Gasteiger charge is -2.09. The van der Waals surface area contributed by atoms with Crippen molar-refractivity contribution in [2.24, 2.45) is 0 Å². The standard InChI is InChI=1S/C13H13FN4/c1-9(2)13-12(7-15)16-17-18(13)8-10-3-5-11(14)6-4-10/h3-6,9H,8H2,1-2H3. The summed E-state index contributed by atoms with van der Waals surface area (Å²) in [6, 6.07) is 8.26. The molecule has 1 aromatic heterocycles. The fourth-order valence-electron chi connectivity index (χ4n) is 1.85. The van der Waals surface area contributed by atoms with Gasteiger partial charge >= 0.3 is 0 Å². The molecule has 1 aromatic carbocycles. The van der Waals surface area contributed by atoms with Gasteiger partial charge in [-0.15, -0.1) is 5.10 Å². The van der Waals surface area contributed by atoms with Gasteiger partial charge in [-0.1, -0.05) is 31.2 Å². The Bertz CT molecular complexity index is 578. The van der Waals surface area contributed by atoms with Crippen molar-refractivity contribution in [3.05, 3.63) is 47.0 Å². The molecule has 2 rings (SSSR count). The van der Waals surface area contributed by atoms with Crippen molar-refractivity contribution in [2.75, 3.05) is 0 Å². The Labute approximate surface area is 105 Å². The summed E-state index contributed by atoms with van der Waals surface area (Å²) in [5.41, 5.74) is 2.08. The molecule has 0 spiro atoms. The quantitative estimate of drug-likeness (QED) is 0.833. The molecule has 5 heteroatoms. The first-order valence-electron chi connectivity index (χ1n) is 5.69. The van der Waals surface area contributed by atoms with Crippen LogP contribution in [0.2, 0.25) is 0 Å². The van der Waals surface area contributed by atoms with Crippen LogP contribution in [-0.2, 0) is 6.54 Å². The highest BCUT2D eigenvalue weighted by molar-refractivity contribution is 5.28. The molecule has 0 saturated heterocycles. The van der Waals surface area contributed by atoms with E-state index in [0.29, 0.717) is 12.2 Å². The van der Waals surface area contributed by atoms with E-state index in [9.17, 15) is 4.39 Å². The highest BCUT2D eigenvalue weighted by atomic mass is 19.1. The zero-order chi connectivity index (χ0) is 13.1. The van der Waals surface area contributed by atoms with E-state index in [2.05, 4.69) is 10.3 Å². The zero-order valence-corrected chi connectivity index (χ0v) is 10.3. The molecule has 4 nitrogen and oxygen atoms in total. The molecule has 0 aliphatic heterocycles. The molecule has 0 aliphatic carbocycles. The van der Waals surface area contributed by atoms with Crippen molar-refractivity contribution in [3.8, 4) is 6.07 Å². The second kappa shape index (κ2) is 4.96. The Hall–Kier alpha value is -2.22. The normalized spacial score (nSPS) is 10.6. The summed E-state index contributed by atoms with van der Waals surface area (Å²) >= 11 is 0. The maximum absolute atomic E-state index is 12.8. The Morgan fingerprint density at radius 3 is 2.56 bits per heavy atom. The number of hydrogen-bond acceptors (Lipinski definition) is 3. The molecule has 0 amide bonds. The summed E-state index contributed by atoms with van der Waals surface area (Å²) in [5, 5.41) is 16.8. The van der Waals surface area contributed by atoms with Crippen LogP contribution in [0, 0.1) is 17.1 Å². The lowest BCUT2D eigenvalue weighted by molar-refractivity contribution is 0.594. The number of rotatable bonds is 3. The van der Waals surface area contributed by atoms with Crippen molar-refractivity contribution in [3.63, 3.8) is 0 Å². The highest BCUT2D eigenvalue weighted by Gasteiger charge is 2.15. The number of aromatic nitrogens is 3. The van der Waals surface area contributed by atoms with E-state index >= 15 is 0 Å². The maximum atomic E-state index is 12.8. The Morgan fingerprint density at radius 2 is 2.00 bits per heavy atom. The van der Waals surface area contributed by atoms with Crippen LogP contribution in [-0.4, -0.2) is 15.0 Å². The molecule has 0 atom stereocenters. The van der Waals surface area contributed by atoms with E-state index in [1.54, 1.807) is 16.8 Å². The van der Waals surface area contributed by atoms with Crippen LogP contribution >= 0.6 is 0 Å². The molecule has 0 bridgehead atoms. The van der Waals surface area contributed by atoms with Gasteiger partial charge in [0.2, 0.25) is 0 Å². The third-order valence-electron chi connectivity index (χ3n) is 2.67. The van der Waals surface area contributed by atoms with Gasteiger partial charge in [0.25, 0.3) is 0 Å². The Kier molecular flexibility index (Phi) is 3.38. The second-order valence-corrected chi connectivity index (χ2v) is 4.37. The summed E-state index contributed by atoms with van der Waals surface area (Å²) in [6.07, 6.45) is 0. The minimum absolute atomic E-state index is 0.162. The fourth-order valence-corrected chi connectivity index (χ4v) is 1.85. The molecule has 1 heterocycles. The van der Waals surface area contributed by atoms with Gasteiger partial charge in [0.05, 0.1) is 12.2 Å². The van der Waals surface area contributed by atoms with Crippen molar-refractivity contribution in [2.45, 2.75) is 26.3 Å². The van der Waals surface area contributed by atoms with Crippen molar-refractivity contribution in [1.29, 1.82) is 5.26 Å². The number of nitrogens with zero attached hydrogens (tertiary/aromatic N) is 4. The molecule has 18 heavy (non-hydrogen) atoms. The smallest absolute Gasteiger partial charge is 0.186 e. The largest absolute Gasteiger partial charge is 0.243 e. The SMILES string of the molecule is CC(C)c1c(C#N)nnn1Cc1ccc(F)cc1. The summed E-state index contributed by atoms with van der Waals surface area (Å²) in [7, 11) is 0. The van der Waals surface area contributed by atoms with Gasteiger partial charge in [-0.2, -0.15) is 5.26 Å². The van der Waals surface area contributed by atoms with Gasteiger partial charge < -0.3 is 0 Å². The van der Waals surface area contributed by atoms with Crippen LogP contribution in [0.15, 0.2) is 24.3 Å². The van der Waals surface area contributed by atoms with E-state index in [-0.39, 0.29) is 11.7 Å². The minimum Gasteiger partial charge on any atom is -0.243 e. The van der Waals surface area contributed by atoms with E-state index < -0.39 is 0 Å². The van der Waals surface area contributed by atoms with Gasteiger partial charge in [-0.05, 0) is 23.6 Å².